The van der Waals surface area contributed by atoms with E-state index in [9.17, 15) is 4.79 Å². The standard InChI is InChI=1S/C12H9N5OS/c13-11-5-14-4-9(17-11)12(18)16-7-1-2-8-10(3-7)19-6-15-8/h1-6H,(H2,13,17)(H,16,18). The van der Waals surface area contributed by atoms with Crippen molar-refractivity contribution < 1.29 is 4.79 Å². The number of anilines is 2. The molecule has 0 aliphatic rings. The van der Waals surface area contributed by atoms with Crippen LogP contribution in [0.15, 0.2) is 36.1 Å². The highest BCUT2D eigenvalue weighted by Crippen LogP contribution is 2.22. The van der Waals surface area contributed by atoms with Gasteiger partial charge in [-0.1, -0.05) is 0 Å². The maximum Gasteiger partial charge on any atom is 0.275 e. The zero-order chi connectivity index (χ0) is 13.2. The number of hydrogen-bond acceptors (Lipinski definition) is 6. The molecule has 0 atom stereocenters. The molecule has 6 nitrogen and oxygen atoms in total. The molecule has 19 heavy (non-hydrogen) atoms. The summed E-state index contributed by atoms with van der Waals surface area (Å²) >= 11 is 1.52. The lowest BCUT2D eigenvalue weighted by atomic mass is 10.3. The number of nitrogen functional groups attached to an aromatic ring is 1. The third-order valence-corrected chi connectivity index (χ3v) is 3.27. The first kappa shape index (κ1) is 11.5. The van der Waals surface area contributed by atoms with Crippen LogP contribution in [-0.2, 0) is 0 Å². The van der Waals surface area contributed by atoms with Crippen LogP contribution in [0.1, 0.15) is 10.5 Å². The van der Waals surface area contributed by atoms with Crippen molar-refractivity contribution in [3.8, 4) is 0 Å². The molecule has 7 heteroatoms. The van der Waals surface area contributed by atoms with E-state index in [1.807, 2.05) is 12.1 Å². The lowest BCUT2D eigenvalue weighted by molar-refractivity contribution is 0.102. The number of fused-ring (bicyclic) bond motifs is 1. The van der Waals surface area contributed by atoms with E-state index in [4.69, 9.17) is 5.73 Å². The van der Waals surface area contributed by atoms with Gasteiger partial charge in [-0.3, -0.25) is 9.78 Å². The number of thiazole rings is 1. The number of aromatic nitrogens is 3. The summed E-state index contributed by atoms with van der Waals surface area (Å²) < 4.78 is 1.01. The van der Waals surface area contributed by atoms with Gasteiger partial charge in [-0.15, -0.1) is 11.3 Å². The summed E-state index contributed by atoms with van der Waals surface area (Å²) in [6.07, 6.45) is 2.76. The van der Waals surface area contributed by atoms with Crippen LogP contribution >= 0.6 is 11.3 Å². The van der Waals surface area contributed by atoms with Gasteiger partial charge in [-0.2, -0.15) is 0 Å². The van der Waals surface area contributed by atoms with Gasteiger partial charge in [0.15, 0.2) is 0 Å². The Morgan fingerprint density at radius 3 is 3.05 bits per heavy atom. The van der Waals surface area contributed by atoms with E-state index in [0.717, 1.165) is 10.2 Å². The molecule has 2 aromatic heterocycles. The smallest absolute Gasteiger partial charge is 0.275 e. The van der Waals surface area contributed by atoms with Crippen LogP contribution in [0.4, 0.5) is 11.5 Å². The molecule has 3 aromatic rings. The quantitative estimate of drug-likeness (QED) is 0.742. The highest BCUT2D eigenvalue weighted by atomic mass is 32.1. The molecule has 1 aromatic carbocycles. The number of amides is 1. The van der Waals surface area contributed by atoms with Crippen molar-refractivity contribution in [2.75, 3.05) is 11.1 Å². The first-order valence-corrected chi connectivity index (χ1v) is 6.32. The van der Waals surface area contributed by atoms with Crippen molar-refractivity contribution in [3.05, 3.63) is 41.8 Å². The van der Waals surface area contributed by atoms with E-state index in [0.29, 0.717) is 5.69 Å². The average molecular weight is 271 g/mol. The Bertz CT molecular complexity index is 754. The molecule has 1 amide bonds. The molecule has 0 fully saturated rings. The Morgan fingerprint density at radius 1 is 1.32 bits per heavy atom. The van der Waals surface area contributed by atoms with E-state index in [-0.39, 0.29) is 17.4 Å². The van der Waals surface area contributed by atoms with E-state index in [1.165, 1.54) is 23.7 Å². The minimum atomic E-state index is -0.344. The highest BCUT2D eigenvalue weighted by Gasteiger charge is 2.09. The monoisotopic (exact) mass is 271 g/mol. The van der Waals surface area contributed by atoms with Gasteiger partial charge in [-0.25, -0.2) is 9.97 Å². The van der Waals surface area contributed by atoms with Gasteiger partial charge < -0.3 is 11.1 Å². The summed E-state index contributed by atoms with van der Waals surface area (Å²) in [4.78, 5) is 23.9. The summed E-state index contributed by atoms with van der Waals surface area (Å²) in [6.45, 7) is 0. The van der Waals surface area contributed by atoms with Crippen molar-refractivity contribution in [1.82, 2.24) is 15.0 Å². The Balaban J connectivity index is 1.86. The maximum atomic E-state index is 12.0. The van der Waals surface area contributed by atoms with Crippen LogP contribution < -0.4 is 11.1 Å². The molecule has 0 radical (unpaired) electrons. The number of rotatable bonds is 2. The SMILES string of the molecule is Nc1cncc(C(=O)Nc2ccc3ncsc3c2)n1. The number of carbonyl (C=O) groups excluding carboxylic acids is 1. The summed E-state index contributed by atoms with van der Waals surface area (Å²) in [5.41, 5.74) is 9.03. The number of nitrogens with one attached hydrogen (secondary N) is 1. The van der Waals surface area contributed by atoms with Crippen LogP contribution in [0.5, 0.6) is 0 Å². The lowest BCUT2D eigenvalue weighted by Crippen LogP contribution is -2.14. The summed E-state index contributed by atoms with van der Waals surface area (Å²) in [5.74, 6) is -0.130. The minimum Gasteiger partial charge on any atom is -0.382 e. The van der Waals surface area contributed by atoms with Gasteiger partial charge in [-0.05, 0) is 18.2 Å². The van der Waals surface area contributed by atoms with Gasteiger partial charge in [0.25, 0.3) is 5.91 Å². The number of carbonyl (C=O) groups is 1. The molecule has 0 spiro atoms. The molecule has 0 bridgehead atoms. The van der Waals surface area contributed by atoms with Gasteiger partial charge in [0.2, 0.25) is 0 Å². The molecule has 0 saturated carbocycles. The third kappa shape index (κ3) is 2.36. The summed E-state index contributed by atoms with van der Waals surface area (Å²) in [6, 6.07) is 5.51. The second-order valence-corrected chi connectivity index (χ2v) is 4.70. The fourth-order valence-corrected chi connectivity index (χ4v) is 2.33. The molecular formula is C12H9N5OS. The van der Waals surface area contributed by atoms with Crippen LogP contribution in [0.25, 0.3) is 10.2 Å². The number of nitrogens with two attached hydrogens (primary N) is 1. The van der Waals surface area contributed by atoms with Gasteiger partial charge in [0, 0.05) is 5.69 Å². The Labute approximate surface area is 112 Å². The van der Waals surface area contributed by atoms with E-state index in [1.54, 1.807) is 11.6 Å². The van der Waals surface area contributed by atoms with Crippen LogP contribution in [0.2, 0.25) is 0 Å². The predicted octanol–water partition coefficient (Wildman–Crippen LogP) is 1.92. The van der Waals surface area contributed by atoms with Crippen molar-refractivity contribution in [2.24, 2.45) is 0 Å². The van der Waals surface area contributed by atoms with E-state index < -0.39 is 0 Å². The number of nitrogens with zero attached hydrogens (tertiary/aromatic N) is 3. The molecule has 3 N–H and O–H groups in total. The van der Waals surface area contributed by atoms with E-state index >= 15 is 0 Å². The molecule has 0 unspecified atom stereocenters. The van der Waals surface area contributed by atoms with Gasteiger partial charge >= 0.3 is 0 Å². The van der Waals surface area contributed by atoms with Crippen molar-refractivity contribution in [3.63, 3.8) is 0 Å². The Kier molecular flexibility index (Phi) is 2.81. The topological polar surface area (TPSA) is 93.8 Å². The lowest BCUT2D eigenvalue weighted by Gasteiger charge is -2.04. The normalized spacial score (nSPS) is 10.5. The molecule has 94 valence electrons. The number of benzene rings is 1. The maximum absolute atomic E-state index is 12.0. The minimum absolute atomic E-state index is 0.185. The Morgan fingerprint density at radius 2 is 2.21 bits per heavy atom. The molecule has 3 rings (SSSR count). The second kappa shape index (κ2) is 4.62. The first-order valence-electron chi connectivity index (χ1n) is 5.44. The zero-order valence-corrected chi connectivity index (χ0v) is 10.5. The average Bonchev–Trinajstić information content (AvgIpc) is 2.86. The fraction of sp³-hybridized carbons (Fsp3) is 0. The van der Waals surface area contributed by atoms with Gasteiger partial charge in [0.1, 0.15) is 11.5 Å². The van der Waals surface area contributed by atoms with E-state index in [2.05, 4.69) is 20.3 Å². The van der Waals surface area contributed by atoms with Gasteiger partial charge in [0.05, 0.1) is 28.1 Å². The highest BCUT2D eigenvalue weighted by molar-refractivity contribution is 7.16. The molecular weight excluding hydrogens is 262 g/mol. The summed E-state index contributed by atoms with van der Waals surface area (Å²) in [7, 11) is 0. The van der Waals surface area contributed by atoms with Crippen molar-refractivity contribution in [1.29, 1.82) is 0 Å². The van der Waals surface area contributed by atoms with Crippen LogP contribution in [0.3, 0.4) is 0 Å². The zero-order valence-electron chi connectivity index (χ0n) is 9.70. The first-order chi connectivity index (χ1) is 9.22. The number of hydrogen-bond donors (Lipinski definition) is 2. The summed E-state index contributed by atoms with van der Waals surface area (Å²) in [5, 5.41) is 2.75. The van der Waals surface area contributed by atoms with Crippen LogP contribution in [0, 0.1) is 0 Å². The second-order valence-electron chi connectivity index (χ2n) is 3.82. The fourth-order valence-electron chi connectivity index (χ4n) is 1.62. The third-order valence-electron chi connectivity index (χ3n) is 2.47. The van der Waals surface area contributed by atoms with Crippen molar-refractivity contribution in [2.45, 2.75) is 0 Å². The molecule has 0 aliphatic carbocycles. The molecule has 0 aliphatic heterocycles. The molecule has 2 heterocycles. The van der Waals surface area contributed by atoms with Crippen LogP contribution in [-0.4, -0.2) is 20.9 Å². The van der Waals surface area contributed by atoms with Crippen molar-refractivity contribution >= 4 is 39.0 Å². The predicted molar refractivity (Wildman–Crippen MR) is 74.0 cm³/mol. The molecule has 0 saturated heterocycles. The Hall–Kier alpha value is -2.54. The largest absolute Gasteiger partial charge is 0.382 e.